The number of rotatable bonds is 4. The lowest BCUT2D eigenvalue weighted by Crippen LogP contribution is -2.40. The third-order valence-electron chi connectivity index (χ3n) is 4.49. The predicted octanol–water partition coefficient (Wildman–Crippen LogP) is 2.10. The molecule has 114 valence electrons. The maximum absolute atomic E-state index is 11.9. The van der Waals surface area contributed by atoms with Crippen LogP contribution in [0.25, 0.3) is 0 Å². The summed E-state index contributed by atoms with van der Waals surface area (Å²) in [5, 5.41) is 0. The van der Waals surface area contributed by atoms with E-state index >= 15 is 0 Å². The van der Waals surface area contributed by atoms with Crippen molar-refractivity contribution in [3.63, 3.8) is 0 Å². The maximum Gasteiger partial charge on any atom is 0.320 e. The minimum atomic E-state index is -0.0995. The number of esters is 1. The highest BCUT2D eigenvalue weighted by Crippen LogP contribution is 2.33. The largest absolute Gasteiger partial charge is 0.464 e. The van der Waals surface area contributed by atoms with Gasteiger partial charge < -0.3 is 9.47 Å². The normalized spacial score (nSPS) is 31.8. The molecule has 1 aliphatic heterocycles. The number of ether oxygens (including phenoxy) is 2. The molecule has 0 aromatic carbocycles. The first-order chi connectivity index (χ1) is 9.56. The smallest absolute Gasteiger partial charge is 0.320 e. The summed E-state index contributed by atoms with van der Waals surface area (Å²) in [4.78, 5) is 14.0. The molecule has 4 nitrogen and oxygen atoms in total. The van der Waals surface area contributed by atoms with Crippen LogP contribution in [0, 0.1) is 17.8 Å². The minimum absolute atomic E-state index is 0.0995. The number of carbonyl (C=O) groups is 1. The zero-order valence-electron chi connectivity index (χ0n) is 12.9. The molecule has 1 fully saturated rings. The van der Waals surface area contributed by atoms with E-state index in [2.05, 4.69) is 31.7 Å². The van der Waals surface area contributed by atoms with Gasteiger partial charge in [-0.1, -0.05) is 25.5 Å². The van der Waals surface area contributed by atoms with Crippen LogP contribution in [-0.2, 0) is 14.3 Å². The summed E-state index contributed by atoms with van der Waals surface area (Å²) in [7, 11) is 0. The summed E-state index contributed by atoms with van der Waals surface area (Å²) in [6, 6.07) is 0. The topological polar surface area (TPSA) is 38.8 Å². The van der Waals surface area contributed by atoms with Gasteiger partial charge in [-0.2, -0.15) is 0 Å². The maximum atomic E-state index is 11.9. The molecule has 0 N–H and O–H groups in total. The molecule has 2 aliphatic rings. The highest BCUT2D eigenvalue weighted by molar-refractivity contribution is 5.71. The van der Waals surface area contributed by atoms with Crippen molar-refractivity contribution in [2.24, 2.45) is 17.8 Å². The summed E-state index contributed by atoms with van der Waals surface area (Å²) in [6.07, 6.45) is 3.44. The summed E-state index contributed by atoms with van der Waals surface area (Å²) >= 11 is 0. The molecule has 20 heavy (non-hydrogen) atoms. The summed E-state index contributed by atoms with van der Waals surface area (Å²) in [6.45, 7) is 10.7. The van der Waals surface area contributed by atoms with Crippen molar-refractivity contribution < 1.29 is 14.3 Å². The average Bonchev–Trinajstić information content (AvgIpc) is 2.38. The molecule has 0 aromatic heterocycles. The minimum Gasteiger partial charge on any atom is -0.464 e. The van der Waals surface area contributed by atoms with E-state index < -0.39 is 0 Å². The SMILES string of the molecule is CC1=C[C@@H](C)[C@H](COC(=O)CN2CCOCC2)[C@H](C)C1. The molecule has 0 amide bonds. The fraction of sp³-hybridized carbons (Fsp3) is 0.812. The van der Waals surface area contributed by atoms with Crippen LogP contribution in [0.15, 0.2) is 11.6 Å². The number of carbonyl (C=O) groups excluding carboxylic acids is 1. The van der Waals surface area contributed by atoms with Gasteiger partial charge in [-0.25, -0.2) is 0 Å². The molecule has 0 unspecified atom stereocenters. The van der Waals surface area contributed by atoms with Gasteiger partial charge in [-0.3, -0.25) is 9.69 Å². The second-order valence-electron chi connectivity index (χ2n) is 6.29. The van der Waals surface area contributed by atoms with Crippen molar-refractivity contribution in [3.8, 4) is 0 Å². The molecule has 1 aliphatic carbocycles. The monoisotopic (exact) mass is 281 g/mol. The van der Waals surface area contributed by atoms with Crippen LogP contribution in [0.5, 0.6) is 0 Å². The molecule has 0 aromatic rings. The van der Waals surface area contributed by atoms with Crippen LogP contribution in [0.4, 0.5) is 0 Å². The molecule has 0 spiro atoms. The first-order valence-electron chi connectivity index (χ1n) is 7.69. The van der Waals surface area contributed by atoms with Crippen LogP contribution in [0.3, 0.4) is 0 Å². The Hall–Kier alpha value is -0.870. The molecular weight excluding hydrogens is 254 g/mol. The molecule has 0 radical (unpaired) electrons. The Morgan fingerprint density at radius 2 is 2.10 bits per heavy atom. The second-order valence-corrected chi connectivity index (χ2v) is 6.29. The average molecular weight is 281 g/mol. The van der Waals surface area contributed by atoms with E-state index in [1.165, 1.54) is 5.57 Å². The van der Waals surface area contributed by atoms with Crippen molar-refractivity contribution in [1.82, 2.24) is 4.90 Å². The summed E-state index contributed by atoms with van der Waals surface area (Å²) < 4.78 is 10.8. The van der Waals surface area contributed by atoms with Gasteiger partial charge in [0.1, 0.15) is 0 Å². The number of hydrogen-bond acceptors (Lipinski definition) is 4. The van der Waals surface area contributed by atoms with Gasteiger partial charge in [0.05, 0.1) is 26.4 Å². The van der Waals surface area contributed by atoms with Crippen molar-refractivity contribution in [3.05, 3.63) is 11.6 Å². The number of hydrogen-bond donors (Lipinski definition) is 0. The molecule has 4 heteroatoms. The Bertz CT molecular complexity index is 361. The molecule has 0 bridgehead atoms. The summed E-state index contributed by atoms with van der Waals surface area (Å²) in [5.74, 6) is 1.44. The van der Waals surface area contributed by atoms with E-state index in [9.17, 15) is 4.79 Å². The number of nitrogens with zero attached hydrogens (tertiary/aromatic N) is 1. The van der Waals surface area contributed by atoms with Crippen LogP contribution < -0.4 is 0 Å². The summed E-state index contributed by atoms with van der Waals surface area (Å²) in [5.41, 5.74) is 1.46. The van der Waals surface area contributed by atoms with E-state index in [1.54, 1.807) is 0 Å². The highest BCUT2D eigenvalue weighted by Gasteiger charge is 2.28. The fourth-order valence-electron chi connectivity index (χ4n) is 3.31. The second kappa shape index (κ2) is 7.23. The van der Waals surface area contributed by atoms with Gasteiger partial charge in [-0.15, -0.1) is 0 Å². The molecule has 1 saturated heterocycles. The van der Waals surface area contributed by atoms with Gasteiger partial charge >= 0.3 is 5.97 Å². The quantitative estimate of drug-likeness (QED) is 0.584. The third-order valence-corrected chi connectivity index (χ3v) is 4.49. The van der Waals surface area contributed by atoms with E-state index in [4.69, 9.17) is 9.47 Å². The number of morpholine rings is 1. The van der Waals surface area contributed by atoms with Gasteiger partial charge in [-0.05, 0) is 25.2 Å². The van der Waals surface area contributed by atoms with Crippen LogP contribution in [0.2, 0.25) is 0 Å². The highest BCUT2D eigenvalue weighted by atomic mass is 16.5. The fourth-order valence-corrected chi connectivity index (χ4v) is 3.31. The van der Waals surface area contributed by atoms with Gasteiger partial charge in [0.25, 0.3) is 0 Å². The van der Waals surface area contributed by atoms with Crippen molar-refractivity contribution in [2.45, 2.75) is 27.2 Å². The van der Waals surface area contributed by atoms with Crippen LogP contribution in [0.1, 0.15) is 27.2 Å². The zero-order chi connectivity index (χ0) is 14.5. The molecule has 0 saturated carbocycles. The molecule has 3 atom stereocenters. The Morgan fingerprint density at radius 1 is 1.40 bits per heavy atom. The Morgan fingerprint density at radius 3 is 2.75 bits per heavy atom. The third kappa shape index (κ3) is 4.32. The van der Waals surface area contributed by atoms with E-state index in [1.807, 2.05) is 0 Å². The van der Waals surface area contributed by atoms with E-state index in [0.717, 1.165) is 19.5 Å². The van der Waals surface area contributed by atoms with Gasteiger partial charge in [0.2, 0.25) is 0 Å². The van der Waals surface area contributed by atoms with Crippen molar-refractivity contribution >= 4 is 5.97 Å². The Labute approximate surface area is 122 Å². The van der Waals surface area contributed by atoms with Gasteiger partial charge in [0.15, 0.2) is 0 Å². The Kier molecular flexibility index (Phi) is 5.61. The lowest BCUT2D eigenvalue weighted by atomic mass is 9.75. The van der Waals surface area contributed by atoms with Crippen molar-refractivity contribution in [1.29, 1.82) is 0 Å². The molecular formula is C16H27NO3. The lowest BCUT2D eigenvalue weighted by molar-refractivity contribution is -0.148. The van der Waals surface area contributed by atoms with Crippen LogP contribution >= 0.6 is 0 Å². The first-order valence-corrected chi connectivity index (χ1v) is 7.69. The number of allylic oxidation sites excluding steroid dienone is 2. The Balaban J connectivity index is 1.75. The van der Waals surface area contributed by atoms with Crippen LogP contribution in [-0.4, -0.2) is 50.3 Å². The molecule has 1 heterocycles. The van der Waals surface area contributed by atoms with E-state index in [0.29, 0.717) is 44.1 Å². The first kappa shape index (κ1) is 15.5. The standard InChI is InChI=1S/C16H27NO3/c1-12-8-13(2)15(14(3)9-12)11-20-16(18)10-17-4-6-19-7-5-17/h8,13-15H,4-7,9-11H2,1-3H3/t13-,14-,15+/m1/s1. The van der Waals surface area contributed by atoms with E-state index in [-0.39, 0.29) is 5.97 Å². The lowest BCUT2D eigenvalue weighted by Gasteiger charge is -2.33. The van der Waals surface area contributed by atoms with Gasteiger partial charge in [0, 0.05) is 19.0 Å². The van der Waals surface area contributed by atoms with Crippen molar-refractivity contribution in [2.75, 3.05) is 39.5 Å². The molecule has 2 rings (SSSR count). The zero-order valence-corrected chi connectivity index (χ0v) is 12.9. The predicted molar refractivity (Wildman–Crippen MR) is 78.4 cm³/mol.